The fourth-order valence-electron chi connectivity index (χ4n) is 1.13. The molecular formula is C8H18N2O4S. The Bertz CT molecular complexity index is 300. The molecule has 0 atom stereocenters. The molecule has 0 saturated heterocycles. The Balaban J connectivity index is 4.59. The summed E-state index contributed by atoms with van der Waals surface area (Å²) in [6, 6.07) is -0.256. The molecule has 0 aromatic rings. The average Bonchev–Trinajstić information content (AvgIpc) is 2.01. The number of aliphatic carboxylic acids is 1. The van der Waals surface area contributed by atoms with E-state index in [1.54, 1.807) is 20.8 Å². The van der Waals surface area contributed by atoms with E-state index < -0.39 is 16.2 Å². The predicted molar refractivity (Wildman–Crippen MR) is 56.7 cm³/mol. The highest BCUT2D eigenvalue weighted by Crippen LogP contribution is 2.05. The van der Waals surface area contributed by atoms with Crippen molar-refractivity contribution in [1.29, 1.82) is 0 Å². The van der Waals surface area contributed by atoms with E-state index in [1.807, 2.05) is 0 Å². The standard InChI is InChI=1S/C8H18N2O4S/c1-4-9-15(13,14)10(7(2)3)6-5-8(11)12/h7,9H,4-6H2,1-3H3,(H,11,12). The van der Waals surface area contributed by atoms with Crippen LogP contribution in [0, 0.1) is 0 Å². The molecule has 0 aromatic heterocycles. The molecule has 0 amide bonds. The third-order valence-corrected chi connectivity index (χ3v) is 3.63. The molecular weight excluding hydrogens is 220 g/mol. The Morgan fingerprint density at radius 2 is 2.00 bits per heavy atom. The number of hydrogen-bond donors (Lipinski definition) is 2. The molecule has 0 heterocycles. The summed E-state index contributed by atoms with van der Waals surface area (Å²) in [6.07, 6.45) is -0.192. The lowest BCUT2D eigenvalue weighted by Crippen LogP contribution is -2.45. The van der Waals surface area contributed by atoms with E-state index in [-0.39, 0.29) is 19.0 Å². The van der Waals surface area contributed by atoms with Crippen LogP contribution in [-0.4, -0.2) is 42.9 Å². The van der Waals surface area contributed by atoms with Crippen LogP contribution in [-0.2, 0) is 15.0 Å². The maximum absolute atomic E-state index is 11.6. The van der Waals surface area contributed by atoms with Gasteiger partial charge in [-0.05, 0) is 13.8 Å². The van der Waals surface area contributed by atoms with E-state index in [4.69, 9.17) is 5.11 Å². The number of carboxylic acids is 1. The summed E-state index contributed by atoms with van der Waals surface area (Å²) in [5, 5.41) is 8.50. The van der Waals surface area contributed by atoms with Gasteiger partial charge in [0, 0.05) is 19.1 Å². The number of nitrogens with one attached hydrogen (secondary N) is 1. The molecule has 2 N–H and O–H groups in total. The number of carboxylic acid groups (broad SMARTS) is 1. The van der Waals surface area contributed by atoms with Gasteiger partial charge < -0.3 is 5.11 Å². The lowest BCUT2D eigenvalue weighted by atomic mass is 10.3. The Hall–Kier alpha value is -0.660. The van der Waals surface area contributed by atoms with Gasteiger partial charge in [-0.1, -0.05) is 6.92 Å². The topological polar surface area (TPSA) is 86.7 Å². The highest BCUT2D eigenvalue weighted by molar-refractivity contribution is 7.87. The van der Waals surface area contributed by atoms with E-state index >= 15 is 0 Å². The molecule has 0 aliphatic carbocycles. The van der Waals surface area contributed by atoms with Gasteiger partial charge in [-0.3, -0.25) is 4.79 Å². The molecule has 15 heavy (non-hydrogen) atoms. The van der Waals surface area contributed by atoms with Crippen molar-refractivity contribution in [1.82, 2.24) is 9.03 Å². The number of nitrogens with zero attached hydrogens (tertiary/aromatic N) is 1. The van der Waals surface area contributed by atoms with Crippen LogP contribution in [0.1, 0.15) is 27.2 Å². The minimum absolute atomic E-state index is 0.0116. The Kier molecular flexibility index (Phi) is 5.77. The lowest BCUT2D eigenvalue weighted by Gasteiger charge is -2.24. The van der Waals surface area contributed by atoms with Gasteiger partial charge in [-0.15, -0.1) is 0 Å². The summed E-state index contributed by atoms with van der Waals surface area (Å²) in [4.78, 5) is 10.4. The SMILES string of the molecule is CCNS(=O)(=O)N(CCC(=O)O)C(C)C. The van der Waals surface area contributed by atoms with Gasteiger partial charge in [0.2, 0.25) is 0 Å². The summed E-state index contributed by atoms with van der Waals surface area (Å²) >= 11 is 0. The van der Waals surface area contributed by atoms with E-state index in [2.05, 4.69) is 4.72 Å². The van der Waals surface area contributed by atoms with Gasteiger partial charge in [0.15, 0.2) is 0 Å². The summed E-state index contributed by atoms with van der Waals surface area (Å²) < 4.78 is 26.7. The van der Waals surface area contributed by atoms with Crippen molar-refractivity contribution in [2.75, 3.05) is 13.1 Å². The van der Waals surface area contributed by atoms with Crippen molar-refractivity contribution in [2.45, 2.75) is 33.2 Å². The number of carbonyl (C=O) groups is 1. The van der Waals surface area contributed by atoms with E-state index in [9.17, 15) is 13.2 Å². The molecule has 0 spiro atoms. The lowest BCUT2D eigenvalue weighted by molar-refractivity contribution is -0.137. The quantitative estimate of drug-likeness (QED) is 0.655. The molecule has 6 nitrogen and oxygen atoms in total. The minimum atomic E-state index is -3.55. The van der Waals surface area contributed by atoms with Crippen molar-refractivity contribution >= 4 is 16.2 Å². The van der Waals surface area contributed by atoms with Crippen LogP contribution < -0.4 is 4.72 Å². The monoisotopic (exact) mass is 238 g/mol. The van der Waals surface area contributed by atoms with Gasteiger partial charge in [0.25, 0.3) is 10.2 Å². The van der Waals surface area contributed by atoms with Crippen molar-refractivity contribution in [3.8, 4) is 0 Å². The Labute approximate surface area is 90.5 Å². The molecule has 0 bridgehead atoms. The summed E-state index contributed by atoms with van der Waals surface area (Å²) in [7, 11) is -3.55. The molecule has 7 heteroatoms. The third kappa shape index (κ3) is 5.10. The second-order valence-corrected chi connectivity index (χ2v) is 5.06. The van der Waals surface area contributed by atoms with Crippen molar-refractivity contribution in [2.24, 2.45) is 0 Å². The largest absolute Gasteiger partial charge is 0.481 e. The van der Waals surface area contributed by atoms with Crippen molar-refractivity contribution in [3.05, 3.63) is 0 Å². The zero-order chi connectivity index (χ0) is 12.1. The molecule has 0 aliphatic heterocycles. The molecule has 0 saturated carbocycles. The molecule has 0 radical (unpaired) electrons. The Morgan fingerprint density at radius 3 is 2.33 bits per heavy atom. The second-order valence-electron chi connectivity index (χ2n) is 3.35. The van der Waals surface area contributed by atoms with Crippen LogP contribution in [0.4, 0.5) is 0 Å². The highest BCUT2D eigenvalue weighted by atomic mass is 32.2. The van der Waals surface area contributed by atoms with Crippen LogP contribution >= 0.6 is 0 Å². The number of rotatable bonds is 7. The second kappa shape index (κ2) is 6.04. The molecule has 0 fully saturated rings. The van der Waals surface area contributed by atoms with Crippen LogP contribution in [0.25, 0.3) is 0 Å². The van der Waals surface area contributed by atoms with Gasteiger partial charge in [-0.25, -0.2) is 4.72 Å². The molecule has 90 valence electrons. The number of hydrogen-bond acceptors (Lipinski definition) is 3. The fourth-order valence-corrected chi connectivity index (χ4v) is 2.54. The average molecular weight is 238 g/mol. The van der Waals surface area contributed by atoms with Gasteiger partial charge in [0.05, 0.1) is 6.42 Å². The summed E-state index contributed by atoms with van der Waals surface area (Å²) in [5.74, 6) is -1.01. The first-order valence-electron chi connectivity index (χ1n) is 4.79. The molecule has 0 rings (SSSR count). The van der Waals surface area contributed by atoms with E-state index in [0.29, 0.717) is 6.54 Å². The smallest absolute Gasteiger partial charge is 0.304 e. The fraction of sp³-hybridized carbons (Fsp3) is 0.875. The maximum Gasteiger partial charge on any atom is 0.304 e. The predicted octanol–water partition coefficient (Wildman–Crippen LogP) is 0.0258. The van der Waals surface area contributed by atoms with Gasteiger partial charge >= 0.3 is 5.97 Å². The first-order chi connectivity index (χ1) is 6.81. The normalized spacial score (nSPS) is 12.3. The molecule has 0 unspecified atom stereocenters. The van der Waals surface area contributed by atoms with Crippen LogP contribution in [0.5, 0.6) is 0 Å². The van der Waals surface area contributed by atoms with Crippen LogP contribution in [0.3, 0.4) is 0 Å². The minimum Gasteiger partial charge on any atom is -0.481 e. The first kappa shape index (κ1) is 14.3. The zero-order valence-corrected chi connectivity index (χ0v) is 10.0. The van der Waals surface area contributed by atoms with Crippen molar-refractivity contribution < 1.29 is 18.3 Å². The molecule has 0 aliphatic rings. The highest BCUT2D eigenvalue weighted by Gasteiger charge is 2.24. The van der Waals surface area contributed by atoms with Crippen LogP contribution in [0.15, 0.2) is 0 Å². The molecule has 0 aromatic carbocycles. The van der Waals surface area contributed by atoms with E-state index in [1.165, 1.54) is 0 Å². The third-order valence-electron chi connectivity index (χ3n) is 1.76. The van der Waals surface area contributed by atoms with Gasteiger partial charge in [0.1, 0.15) is 0 Å². The van der Waals surface area contributed by atoms with Crippen molar-refractivity contribution in [3.63, 3.8) is 0 Å². The zero-order valence-electron chi connectivity index (χ0n) is 9.23. The van der Waals surface area contributed by atoms with E-state index in [0.717, 1.165) is 4.31 Å². The van der Waals surface area contributed by atoms with Crippen LogP contribution in [0.2, 0.25) is 0 Å². The summed E-state index contributed by atoms with van der Waals surface area (Å²) in [5.41, 5.74) is 0. The Morgan fingerprint density at radius 1 is 1.47 bits per heavy atom. The van der Waals surface area contributed by atoms with Gasteiger partial charge in [-0.2, -0.15) is 12.7 Å². The first-order valence-corrected chi connectivity index (χ1v) is 6.23. The maximum atomic E-state index is 11.6. The summed E-state index contributed by atoms with van der Waals surface area (Å²) in [6.45, 7) is 5.36.